The summed E-state index contributed by atoms with van der Waals surface area (Å²) in [5.41, 5.74) is 0. The van der Waals surface area contributed by atoms with Crippen LogP contribution in [0.2, 0.25) is 0 Å². The van der Waals surface area contributed by atoms with Crippen LogP contribution in [0.25, 0.3) is 0 Å². The van der Waals surface area contributed by atoms with E-state index in [4.69, 9.17) is 0 Å². The van der Waals surface area contributed by atoms with Crippen molar-refractivity contribution in [3.63, 3.8) is 0 Å². The van der Waals surface area contributed by atoms with Gasteiger partial charge in [-0.2, -0.15) is 0 Å². The number of ketones is 1. The van der Waals surface area contributed by atoms with Gasteiger partial charge < -0.3 is 0 Å². The van der Waals surface area contributed by atoms with E-state index >= 15 is 0 Å². The van der Waals surface area contributed by atoms with Crippen LogP contribution in [0.15, 0.2) is 12.2 Å². The maximum absolute atomic E-state index is 10.7. The molecule has 0 spiro atoms. The van der Waals surface area contributed by atoms with Crippen LogP contribution >= 0.6 is 0 Å². The minimum atomic E-state index is 0.362. The maximum Gasteiger partial charge on any atom is 0.159 e. The Balaban J connectivity index is 2.25. The van der Waals surface area contributed by atoms with Crippen LogP contribution in [0, 0.1) is 11.8 Å². The summed E-state index contributed by atoms with van der Waals surface area (Å²) in [6, 6.07) is 0. The van der Waals surface area contributed by atoms with Crippen LogP contribution < -0.4 is 0 Å². The summed E-state index contributed by atoms with van der Waals surface area (Å²) in [6.07, 6.45) is 6.17. The highest BCUT2D eigenvalue weighted by Crippen LogP contribution is 2.39. The molecule has 1 heteroatoms. The lowest BCUT2D eigenvalue weighted by atomic mass is 9.76. The second kappa shape index (κ2) is 1.22. The highest BCUT2D eigenvalue weighted by molar-refractivity contribution is 5.95. The second-order valence-corrected chi connectivity index (χ2v) is 2.61. The predicted octanol–water partition coefficient (Wildman–Crippen LogP) is 1.15. The Morgan fingerprint density at radius 2 is 2.38 bits per heavy atom. The van der Waals surface area contributed by atoms with Crippen molar-refractivity contribution < 1.29 is 4.79 Å². The first kappa shape index (κ1) is 4.30. The van der Waals surface area contributed by atoms with Gasteiger partial charge in [0.2, 0.25) is 0 Å². The van der Waals surface area contributed by atoms with E-state index < -0.39 is 0 Å². The summed E-state index contributed by atoms with van der Waals surface area (Å²) in [4.78, 5) is 10.7. The first-order valence-corrected chi connectivity index (χ1v) is 3.10. The number of carbonyl (C=O) groups is 1. The van der Waals surface area contributed by atoms with Gasteiger partial charge in [-0.15, -0.1) is 0 Å². The van der Waals surface area contributed by atoms with Gasteiger partial charge in [-0.25, -0.2) is 0 Å². The third-order valence-electron chi connectivity index (χ3n) is 2.20. The fraction of sp³-hybridized carbons (Fsp3) is 0.571. The van der Waals surface area contributed by atoms with Crippen LogP contribution in [-0.2, 0) is 4.79 Å². The van der Waals surface area contributed by atoms with Gasteiger partial charge in [0.15, 0.2) is 5.78 Å². The van der Waals surface area contributed by atoms with E-state index in [0.29, 0.717) is 17.6 Å². The quantitative estimate of drug-likeness (QED) is 0.455. The molecule has 0 N–H and O–H groups in total. The zero-order valence-corrected chi connectivity index (χ0v) is 4.63. The van der Waals surface area contributed by atoms with E-state index in [1.54, 1.807) is 6.08 Å². The summed E-state index contributed by atoms with van der Waals surface area (Å²) >= 11 is 0. The average Bonchev–Trinajstić information content (AvgIpc) is 1.80. The van der Waals surface area contributed by atoms with E-state index in [9.17, 15) is 4.79 Å². The molecular weight excluding hydrogens is 100 g/mol. The van der Waals surface area contributed by atoms with E-state index in [1.807, 2.05) is 0 Å². The van der Waals surface area contributed by atoms with Crippen LogP contribution in [-0.4, -0.2) is 5.78 Å². The van der Waals surface area contributed by atoms with Crippen molar-refractivity contribution in [1.82, 2.24) is 0 Å². The fourth-order valence-electron chi connectivity index (χ4n) is 1.45. The van der Waals surface area contributed by atoms with Gasteiger partial charge >= 0.3 is 0 Å². The van der Waals surface area contributed by atoms with Crippen LogP contribution in [0.3, 0.4) is 0 Å². The number of allylic oxidation sites excluding steroid dienone is 2. The molecule has 0 radical (unpaired) electrons. The van der Waals surface area contributed by atoms with E-state index in [1.165, 1.54) is 6.42 Å². The van der Waals surface area contributed by atoms with Gasteiger partial charge in [0.25, 0.3) is 0 Å². The number of fused-ring (bicyclic) bond motifs is 1. The normalized spacial score (nSPS) is 41.8. The summed E-state index contributed by atoms with van der Waals surface area (Å²) < 4.78 is 0. The highest BCUT2D eigenvalue weighted by atomic mass is 16.1. The van der Waals surface area contributed by atoms with E-state index in [0.717, 1.165) is 6.42 Å². The number of hydrogen-bond acceptors (Lipinski definition) is 1. The number of carbonyl (C=O) groups excluding carboxylic acids is 1. The van der Waals surface area contributed by atoms with Crippen molar-refractivity contribution in [2.45, 2.75) is 12.8 Å². The molecule has 0 amide bonds. The lowest BCUT2D eigenvalue weighted by Crippen LogP contribution is -2.25. The molecule has 2 aliphatic carbocycles. The first-order chi connectivity index (χ1) is 3.88. The SMILES string of the molecule is O=C1C=C[C@H]2CC[C@H]12. The second-order valence-electron chi connectivity index (χ2n) is 2.61. The molecule has 2 aliphatic rings. The van der Waals surface area contributed by atoms with Crippen molar-refractivity contribution in [1.29, 1.82) is 0 Å². The smallest absolute Gasteiger partial charge is 0.159 e. The largest absolute Gasteiger partial charge is 0.295 e. The standard InChI is InChI=1S/C7H8O/c8-7-4-2-5-1-3-6(5)7/h2,4-6H,1,3H2/t5-,6+/m1/s1. The lowest BCUT2D eigenvalue weighted by molar-refractivity contribution is -0.120. The van der Waals surface area contributed by atoms with Gasteiger partial charge in [0.1, 0.15) is 0 Å². The van der Waals surface area contributed by atoms with Crippen LogP contribution in [0.5, 0.6) is 0 Å². The lowest BCUT2D eigenvalue weighted by Gasteiger charge is -2.27. The molecule has 42 valence electrons. The first-order valence-electron chi connectivity index (χ1n) is 3.10. The van der Waals surface area contributed by atoms with E-state index in [-0.39, 0.29) is 0 Å². The summed E-state index contributed by atoms with van der Waals surface area (Å²) in [5, 5.41) is 0. The fourth-order valence-corrected chi connectivity index (χ4v) is 1.45. The molecule has 1 nitrogen and oxygen atoms in total. The Morgan fingerprint density at radius 1 is 1.50 bits per heavy atom. The molecule has 1 fully saturated rings. The zero-order chi connectivity index (χ0) is 5.56. The average molecular weight is 108 g/mol. The number of rotatable bonds is 0. The topological polar surface area (TPSA) is 17.1 Å². The van der Waals surface area contributed by atoms with Crippen molar-refractivity contribution in [2.24, 2.45) is 11.8 Å². The van der Waals surface area contributed by atoms with Gasteiger partial charge in [-0.05, 0) is 24.8 Å². The molecule has 2 rings (SSSR count). The van der Waals surface area contributed by atoms with Gasteiger partial charge in [0, 0.05) is 5.92 Å². The molecule has 0 aliphatic heterocycles. The molecule has 0 aromatic rings. The summed E-state index contributed by atoms with van der Waals surface area (Å²) in [7, 11) is 0. The molecule has 0 aromatic heterocycles. The Labute approximate surface area is 48.4 Å². The van der Waals surface area contributed by atoms with Crippen molar-refractivity contribution in [3.8, 4) is 0 Å². The van der Waals surface area contributed by atoms with Crippen molar-refractivity contribution >= 4 is 5.78 Å². The maximum atomic E-state index is 10.7. The van der Waals surface area contributed by atoms with Crippen LogP contribution in [0.4, 0.5) is 0 Å². The third-order valence-corrected chi connectivity index (χ3v) is 2.20. The minimum absolute atomic E-state index is 0.362. The molecule has 8 heavy (non-hydrogen) atoms. The van der Waals surface area contributed by atoms with Crippen molar-refractivity contribution in [2.75, 3.05) is 0 Å². The summed E-state index contributed by atoms with van der Waals surface area (Å²) in [6.45, 7) is 0. The monoisotopic (exact) mass is 108 g/mol. The Bertz CT molecular complexity index is 158. The van der Waals surface area contributed by atoms with Gasteiger partial charge in [-0.3, -0.25) is 4.79 Å². The Kier molecular flexibility index (Phi) is 0.655. The molecular formula is C7H8O. The molecule has 2 atom stereocenters. The summed E-state index contributed by atoms with van der Waals surface area (Å²) in [5.74, 6) is 1.42. The number of hydrogen-bond donors (Lipinski definition) is 0. The third kappa shape index (κ3) is 0.347. The zero-order valence-electron chi connectivity index (χ0n) is 4.63. The molecule has 0 heterocycles. The van der Waals surface area contributed by atoms with E-state index in [2.05, 4.69) is 6.08 Å². The molecule has 0 aromatic carbocycles. The Hall–Kier alpha value is -0.590. The van der Waals surface area contributed by atoms with Crippen LogP contribution in [0.1, 0.15) is 12.8 Å². The highest BCUT2D eigenvalue weighted by Gasteiger charge is 2.36. The van der Waals surface area contributed by atoms with Gasteiger partial charge in [0.05, 0.1) is 0 Å². The molecule has 1 saturated carbocycles. The Morgan fingerprint density at radius 3 is 2.62 bits per heavy atom. The van der Waals surface area contributed by atoms with Gasteiger partial charge in [-0.1, -0.05) is 6.08 Å². The predicted molar refractivity (Wildman–Crippen MR) is 30.4 cm³/mol. The molecule has 0 unspecified atom stereocenters. The molecule has 0 saturated heterocycles. The minimum Gasteiger partial charge on any atom is -0.295 e. The molecule has 0 bridgehead atoms. The van der Waals surface area contributed by atoms with Crippen molar-refractivity contribution in [3.05, 3.63) is 12.2 Å².